The fraction of sp³-hybridized carbons (Fsp3) is 0.571. The fourth-order valence-corrected chi connectivity index (χ4v) is 3.09. The van der Waals surface area contributed by atoms with E-state index < -0.39 is 5.67 Å². The average molecular weight is 290 g/mol. The van der Waals surface area contributed by atoms with Crippen molar-refractivity contribution >= 4 is 23.2 Å². The highest BCUT2D eigenvalue weighted by Crippen LogP contribution is 2.35. The van der Waals surface area contributed by atoms with Gasteiger partial charge in [0.15, 0.2) is 0 Å². The van der Waals surface area contributed by atoms with E-state index in [1.165, 1.54) is 0 Å². The SMILES string of the molecule is CC(F)(Cc1c(Cl)cccc1Cl)C1CCCNC1. The highest BCUT2D eigenvalue weighted by Gasteiger charge is 2.36. The van der Waals surface area contributed by atoms with Gasteiger partial charge < -0.3 is 5.32 Å². The van der Waals surface area contributed by atoms with E-state index in [0.29, 0.717) is 10.0 Å². The van der Waals surface area contributed by atoms with Gasteiger partial charge in [-0.3, -0.25) is 0 Å². The molecule has 2 unspecified atom stereocenters. The Bertz CT molecular complexity index is 394. The smallest absolute Gasteiger partial charge is 0.116 e. The molecule has 18 heavy (non-hydrogen) atoms. The van der Waals surface area contributed by atoms with E-state index in [-0.39, 0.29) is 12.3 Å². The van der Waals surface area contributed by atoms with E-state index in [1.807, 2.05) is 0 Å². The highest BCUT2D eigenvalue weighted by molar-refractivity contribution is 6.36. The van der Waals surface area contributed by atoms with Crippen LogP contribution in [0.5, 0.6) is 0 Å². The Morgan fingerprint density at radius 3 is 2.61 bits per heavy atom. The van der Waals surface area contributed by atoms with E-state index in [0.717, 1.165) is 31.5 Å². The lowest BCUT2D eigenvalue weighted by Crippen LogP contribution is -2.42. The second kappa shape index (κ2) is 5.77. The number of benzene rings is 1. The summed E-state index contributed by atoms with van der Waals surface area (Å²) in [6, 6.07) is 5.31. The number of alkyl halides is 1. The van der Waals surface area contributed by atoms with E-state index in [1.54, 1.807) is 25.1 Å². The fourth-order valence-electron chi connectivity index (χ4n) is 2.56. The van der Waals surface area contributed by atoms with E-state index >= 15 is 0 Å². The van der Waals surface area contributed by atoms with Gasteiger partial charge in [0.25, 0.3) is 0 Å². The summed E-state index contributed by atoms with van der Waals surface area (Å²) in [4.78, 5) is 0. The van der Waals surface area contributed by atoms with Crippen molar-refractivity contribution in [2.75, 3.05) is 13.1 Å². The third-order valence-corrected chi connectivity index (χ3v) is 4.44. The average Bonchev–Trinajstić information content (AvgIpc) is 2.35. The second-order valence-corrected chi connectivity index (χ2v) is 6.01. The van der Waals surface area contributed by atoms with Gasteiger partial charge in [0.1, 0.15) is 5.67 Å². The van der Waals surface area contributed by atoms with Crippen LogP contribution in [0.3, 0.4) is 0 Å². The molecule has 1 nitrogen and oxygen atoms in total. The zero-order chi connectivity index (χ0) is 13.2. The van der Waals surface area contributed by atoms with Crippen molar-refractivity contribution in [3.8, 4) is 0 Å². The molecule has 4 heteroatoms. The summed E-state index contributed by atoms with van der Waals surface area (Å²) in [6.07, 6.45) is 2.22. The van der Waals surface area contributed by atoms with E-state index in [4.69, 9.17) is 23.2 Å². The molecule has 1 N–H and O–H groups in total. The Balaban J connectivity index is 2.16. The quantitative estimate of drug-likeness (QED) is 0.877. The van der Waals surface area contributed by atoms with Gasteiger partial charge >= 0.3 is 0 Å². The molecule has 0 aliphatic carbocycles. The lowest BCUT2D eigenvalue weighted by Gasteiger charge is -2.34. The molecular formula is C14H18Cl2FN. The van der Waals surface area contributed by atoms with Crippen molar-refractivity contribution in [3.63, 3.8) is 0 Å². The number of halogens is 3. The number of hydrogen-bond acceptors (Lipinski definition) is 1. The van der Waals surface area contributed by atoms with Gasteiger partial charge in [-0.25, -0.2) is 4.39 Å². The standard InChI is InChI=1S/C14H18Cl2FN/c1-14(17,10-4-3-7-18-9-10)8-11-12(15)5-2-6-13(11)16/h2,5-6,10,18H,3-4,7-9H2,1H3. The van der Waals surface area contributed by atoms with E-state index in [2.05, 4.69) is 5.32 Å². The summed E-state index contributed by atoms with van der Waals surface area (Å²) < 4.78 is 14.9. The van der Waals surface area contributed by atoms with E-state index in [9.17, 15) is 4.39 Å². The van der Waals surface area contributed by atoms with Crippen LogP contribution in [0.15, 0.2) is 18.2 Å². The van der Waals surface area contributed by atoms with Crippen LogP contribution in [0, 0.1) is 5.92 Å². The molecule has 0 bridgehead atoms. The largest absolute Gasteiger partial charge is 0.316 e. The first kappa shape index (κ1) is 14.1. The summed E-state index contributed by atoms with van der Waals surface area (Å²) in [6.45, 7) is 3.37. The van der Waals surface area contributed by atoms with Crippen molar-refractivity contribution in [1.29, 1.82) is 0 Å². The summed E-state index contributed by atoms with van der Waals surface area (Å²) in [5.74, 6) is 0.0265. The maximum atomic E-state index is 14.9. The molecule has 1 aromatic carbocycles. The van der Waals surface area contributed by atoms with Gasteiger partial charge in [-0.1, -0.05) is 29.3 Å². The summed E-state index contributed by atoms with van der Waals surface area (Å²) in [5, 5.41) is 4.35. The lowest BCUT2D eigenvalue weighted by atomic mass is 9.81. The first-order valence-electron chi connectivity index (χ1n) is 6.33. The number of nitrogens with one attached hydrogen (secondary N) is 1. The highest BCUT2D eigenvalue weighted by atomic mass is 35.5. The van der Waals surface area contributed by atoms with Crippen LogP contribution >= 0.6 is 23.2 Å². The molecule has 1 saturated heterocycles. The Kier molecular flexibility index (Phi) is 4.52. The van der Waals surface area contributed by atoms with Gasteiger partial charge in [-0.2, -0.15) is 0 Å². The van der Waals surface area contributed by atoms with Crippen LogP contribution in [0.25, 0.3) is 0 Å². The molecule has 1 aromatic rings. The van der Waals surface area contributed by atoms with Crippen molar-refractivity contribution in [2.45, 2.75) is 31.9 Å². The van der Waals surface area contributed by atoms with Gasteiger partial charge in [-0.15, -0.1) is 0 Å². The molecule has 0 saturated carbocycles. The third kappa shape index (κ3) is 3.17. The van der Waals surface area contributed by atoms with Crippen LogP contribution in [0.4, 0.5) is 4.39 Å². The molecule has 0 amide bonds. The Morgan fingerprint density at radius 1 is 1.39 bits per heavy atom. The normalized spacial score (nSPS) is 23.7. The minimum Gasteiger partial charge on any atom is -0.316 e. The van der Waals surface area contributed by atoms with Gasteiger partial charge in [0.2, 0.25) is 0 Å². The van der Waals surface area contributed by atoms with Gasteiger partial charge in [0.05, 0.1) is 0 Å². The first-order valence-corrected chi connectivity index (χ1v) is 7.09. The Labute approximate surface area is 118 Å². The zero-order valence-electron chi connectivity index (χ0n) is 10.5. The topological polar surface area (TPSA) is 12.0 Å². The number of rotatable bonds is 3. The molecule has 2 rings (SSSR count). The molecule has 1 aliphatic heterocycles. The van der Waals surface area contributed by atoms with Crippen molar-refractivity contribution in [2.24, 2.45) is 5.92 Å². The maximum absolute atomic E-state index is 14.9. The lowest BCUT2D eigenvalue weighted by molar-refractivity contribution is 0.0834. The third-order valence-electron chi connectivity index (χ3n) is 3.73. The van der Waals surface area contributed by atoms with Gasteiger partial charge in [-0.05, 0) is 44.0 Å². The maximum Gasteiger partial charge on any atom is 0.116 e. The Hall–Kier alpha value is -0.310. The zero-order valence-corrected chi connectivity index (χ0v) is 12.0. The van der Waals surface area contributed by atoms with Crippen LogP contribution in [-0.4, -0.2) is 18.8 Å². The molecular weight excluding hydrogens is 272 g/mol. The summed E-state index contributed by atoms with van der Waals surface area (Å²) >= 11 is 12.2. The monoisotopic (exact) mass is 289 g/mol. The molecule has 2 atom stereocenters. The molecule has 0 radical (unpaired) electrons. The Morgan fingerprint density at radius 2 is 2.06 bits per heavy atom. The minimum absolute atomic E-state index is 0.0265. The number of hydrogen-bond donors (Lipinski definition) is 1. The van der Waals surface area contributed by atoms with Crippen molar-refractivity contribution in [1.82, 2.24) is 5.32 Å². The molecule has 0 spiro atoms. The molecule has 1 heterocycles. The van der Waals surface area contributed by atoms with Gasteiger partial charge in [0, 0.05) is 28.9 Å². The van der Waals surface area contributed by atoms with Crippen LogP contribution < -0.4 is 5.32 Å². The second-order valence-electron chi connectivity index (χ2n) is 5.20. The summed E-state index contributed by atoms with van der Waals surface area (Å²) in [5.41, 5.74) is -0.557. The van der Waals surface area contributed by atoms with Crippen LogP contribution in [0.2, 0.25) is 10.0 Å². The predicted octanol–water partition coefficient (Wildman–Crippen LogP) is 4.26. The molecule has 1 aliphatic rings. The predicted molar refractivity (Wildman–Crippen MR) is 75.3 cm³/mol. The molecule has 100 valence electrons. The first-order chi connectivity index (χ1) is 8.50. The van der Waals surface area contributed by atoms with Crippen molar-refractivity contribution in [3.05, 3.63) is 33.8 Å². The van der Waals surface area contributed by atoms with Crippen molar-refractivity contribution < 1.29 is 4.39 Å². The molecule has 1 fully saturated rings. The molecule has 0 aromatic heterocycles. The van der Waals surface area contributed by atoms with Crippen LogP contribution in [0.1, 0.15) is 25.3 Å². The van der Waals surface area contributed by atoms with Crippen LogP contribution in [-0.2, 0) is 6.42 Å². The minimum atomic E-state index is -1.28. The summed E-state index contributed by atoms with van der Waals surface area (Å²) in [7, 11) is 0. The number of piperidine rings is 1.